The van der Waals surface area contributed by atoms with E-state index in [4.69, 9.17) is 9.40 Å². The second-order valence-corrected chi connectivity index (χ2v) is 11.8. The summed E-state index contributed by atoms with van der Waals surface area (Å²) >= 11 is 0. The van der Waals surface area contributed by atoms with Gasteiger partial charge < -0.3 is 19.5 Å². The molecule has 5 aromatic carbocycles. The number of aromatic nitrogens is 1. The van der Waals surface area contributed by atoms with Crippen molar-refractivity contribution in [2.75, 3.05) is 17.3 Å². The Bertz CT molecular complexity index is 1970. The first-order valence-corrected chi connectivity index (χ1v) is 15.8. The summed E-state index contributed by atoms with van der Waals surface area (Å²) in [5.74, 6) is 0.0545. The van der Waals surface area contributed by atoms with Gasteiger partial charge in [0, 0.05) is 44.5 Å². The van der Waals surface area contributed by atoms with E-state index in [1.165, 1.54) is 11.1 Å². The molecule has 0 aliphatic rings. The van der Waals surface area contributed by atoms with Crippen LogP contribution in [0.1, 0.15) is 34.2 Å². The van der Waals surface area contributed by atoms with Crippen LogP contribution in [0.4, 0.5) is 17.4 Å². The third-order valence-corrected chi connectivity index (χ3v) is 8.36. The molecule has 7 heteroatoms. The minimum atomic E-state index is -0.452. The highest BCUT2D eigenvalue weighted by molar-refractivity contribution is 5.87. The van der Waals surface area contributed by atoms with Gasteiger partial charge in [0.1, 0.15) is 0 Å². The van der Waals surface area contributed by atoms with Crippen molar-refractivity contribution in [3.8, 4) is 0 Å². The molecule has 0 spiro atoms. The average molecular weight is 623 g/mol. The zero-order valence-corrected chi connectivity index (χ0v) is 26.7. The van der Waals surface area contributed by atoms with Crippen molar-refractivity contribution in [1.29, 1.82) is 0 Å². The summed E-state index contributed by atoms with van der Waals surface area (Å²) < 4.78 is 5.76. The molecule has 0 atom stereocenters. The Morgan fingerprint density at radius 3 is 1.89 bits per heavy atom. The highest BCUT2D eigenvalue weighted by Crippen LogP contribution is 2.30. The van der Waals surface area contributed by atoms with Gasteiger partial charge in [-0.15, -0.1) is 0 Å². The predicted octanol–water partition coefficient (Wildman–Crippen LogP) is 8.04. The van der Waals surface area contributed by atoms with Gasteiger partial charge in [-0.05, 0) is 59.4 Å². The summed E-state index contributed by atoms with van der Waals surface area (Å²) in [5.41, 5.74) is 6.99. The summed E-state index contributed by atoms with van der Waals surface area (Å²) in [7, 11) is 1.82. The van der Waals surface area contributed by atoms with Gasteiger partial charge in [-0.3, -0.25) is 4.79 Å². The van der Waals surface area contributed by atoms with Crippen LogP contribution in [-0.2, 0) is 30.8 Å². The molecule has 1 aromatic heterocycles. The molecule has 47 heavy (non-hydrogen) atoms. The summed E-state index contributed by atoms with van der Waals surface area (Å²) in [6.07, 6.45) is 0.877. The monoisotopic (exact) mass is 622 g/mol. The van der Waals surface area contributed by atoms with E-state index in [1.807, 2.05) is 117 Å². The van der Waals surface area contributed by atoms with Crippen LogP contribution in [0.2, 0.25) is 0 Å². The molecule has 7 nitrogen and oxygen atoms in total. The van der Waals surface area contributed by atoms with Crippen LogP contribution in [0.15, 0.2) is 137 Å². The van der Waals surface area contributed by atoms with Crippen molar-refractivity contribution in [1.82, 2.24) is 9.88 Å². The number of carbonyl (C=O) groups is 1. The van der Waals surface area contributed by atoms with E-state index >= 15 is 0 Å². The van der Waals surface area contributed by atoms with Crippen LogP contribution in [0.5, 0.6) is 0 Å². The first kappa shape index (κ1) is 31.3. The van der Waals surface area contributed by atoms with Gasteiger partial charge in [-0.2, -0.15) is 4.98 Å². The van der Waals surface area contributed by atoms with Crippen LogP contribution in [0.3, 0.4) is 0 Å². The van der Waals surface area contributed by atoms with Crippen molar-refractivity contribution in [3.05, 3.63) is 166 Å². The molecule has 1 amide bonds. The second kappa shape index (κ2) is 14.6. The Hall–Kier alpha value is -5.69. The van der Waals surface area contributed by atoms with Crippen LogP contribution in [0, 0.1) is 6.92 Å². The highest BCUT2D eigenvalue weighted by atomic mass is 16.4. The number of nitrogens with zero attached hydrogens (tertiary/aromatic N) is 3. The van der Waals surface area contributed by atoms with Gasteiger partial charge >= 0.3 is 11.6 Å². The summed E-state index contributed by atoms with van der Waals surface area (Å²) in [4.78, 5) is 35.2. The number of hydrogen-bond donors (Lipinski definition) is 1. The summed E-state index contributed by atoms with van der Waals surface area (Å²) in [5, 5.41) is 3.67. The average Bonchev–Trinajstić information content (AvgIpc) is 3.09. The lowest BCUT2D eigenvalue weighted by Gasteiger charge is -2.27. The number of hydrogen-bond acceptors (Lipinski definition) is 6. The Morgan fingerprint density at radius 1 is 0.723 bits per heavy atom. The van der Waals surface area contributed by atoms with E-state index in [9.17, 15) is 9.59 Å². The maximum absolute atomic E-state index is 13.5. The largest absolute Gasteiger partial charge is 0.388 e. The Kier molecular flexibility index (Phi) is 9.73. The topological polar surface area (TPSA) is 78.7 Å². The molecule has 1 N–H and O–H groups in total. The van der Waals surface area contributed by atoms with Gasteiger partial charge in [0.25, 0.3) is 0 Å². The van der Waals surface area contributed by atoms with Crippen LogP contribution >= 0.6 is 0 Å². The maximum atomic E-state index is 13.5. The minimum Gasteiger partial charge on any atom is -0.388 e. The van der Waals surface area contributed by atoms with E-state index in [1.54, 1.807) is 4.90 Å². The molecule has 0 unspecified atom stereocenters. The number of anilines is 3. The predicted molar refractivity (Wildman–Crippen MR) is 189 cm³/mol. The van der Waals surface area contributed by atoms with Gasteiger partial charge in [0.15, 0.2) is 0 Å². The number of aryl methyl sites for hydroxylation is 2. The molecule has 0 radical (unpaired) electrons. The van der Waals surface area contributed by atoms with Crippen molar-refractivity contribution in [2.24, 2.45) is 0 Å². The second-order valence-electron chi connectivity index (χ2n) is 11.8. The van der Waals surface area contributed by atoms with Crippen LogP contribution in [0.25, 0.3) is 10.9 Å². The molecule has 1 heterocycles. The van der Waals surface area contributed by atoms with E-state index in [2.05, 4.69) is 34.5 Å². The number of amides is 1. The fraction of sp³-hybridized carbons (Fsp3) is 0.175. The smallest absolute Gasteiger partial charge is 0.348 e. The van der Waals surface area contributed by atoms with Crippen molar-refractivity contribution in [3.63, 3.8) is 0 Å². The van der Waals surface area contributed by atoms with Crippen molar-refractivity contribution >= 4 is 34.2 Å². The fourth-order valence-electron chi connectivity index (χ4n) is 5.89. The zero-order chi connectivity index (χ0) is 32.6. The van der Waals surface area contributed by atoms with Crippen LogP contribution in [-0.4, -0.2) is 22.8 Å². The van der Waals surface area contributed by atoms with E-state index in [0.717, 1.165) is 28.1 Å². The SMILES string of the molecule is Cc1c(N(Cc2ccccc2)Cc2ccccc2)ccc2nc(Nc3ccccc3CCC(=O)N(C)Cc3ccccc3)oc(=O)c12. The van der Waals surface area contributed by atoms with E-state index in [0.29, 0.717) is 43.4 Å². The lowest BCUT2D eigenvalue weighted by Crippen LogP contribution is -2.26. The Balaban J connectivity index is 1.22. The fourth-order valence-corrected chi connectivity index (χ4v) is 5.89. The molecule has 236 valence electrons. The molecular weight excluding hydrogens is 584 g/mol. The lowest BCUT2D eigenvalue weighted by atomic mass is 10.1. The first-order valence-electron chi connectivity index (χ1n) is 15.8. The van der Waals surface area contributed by atoms with E-state index in [-0.39, 0.29) is 11.9 Å². The number of nitrogens with one attached hydrogen (secondary N) is 1. The Morgan fingerprint density at radius 2 is 1.28 bits per heavy atom. The molecule has 0 saturated heterocycles. The number of rotatable bonds is 12. The first-order chi connectivity index (χ1) is 22.9. The van der Waals surface area contributed by atoms with Gasteiger partial charge in [0.2, 0.25) is 5.91 Å². The molecule has 0 bridgehead atoms. The maximum Gasteiger partial charge on any atom is 0.348 e. The quantitative estimate of drug-likeness (QED) is 0.149. The summed E-state index contributed by atoms with van der Waals surface area (Å²) in [6.45, 7) is 3.88. The number of para-hydroxylation sites is 1. The number of benzene rings is 5. The molecular formula is C40H38N4O3. The number of fused-ring (bicyclic) bond motifs is 1. The number of carbonyl (C=O) groups excluding carboxylic acids is 1. The van der Waals surface area contributed by atoms with Crippen molar-refractivity contribution < 1.29 is 9.21 Å². The highest BCUT2D eigenvalue weighted by Gasteiger charge is 2.18. The molecule has 0 aliphatic heterocycles. The third-order valence-electron chi connectivity index (χ3n) is 8.36. The van der Waals surface area contributed by atoms with E-state index < -0.39 is 5.63 Å². The standard InChI is InChI=1S/C40H38N4O3/c1-29-36(44(27-31-16-8-4-9-17-31)28-32-18-10-5-11-19-32)24-23-35-38(29)39(46)47-40(42-35)41-34-21-13-12-20-33(34)22-25-37(45)43(2)26-30-14-6-3-7-15-30/h3-21,23-24H,22,25-28H2,1-2H3,(H,41,42). The molecule has 0 saturated carbocycles. The zero-order valence-electron chi connectivity index (χ0n) is 26.7. The third kappa shape index (κ3) is 7.76. The lowest BCUT2D eigenvalue weighted by molar-refractivity contribution is -0.130. The molecule has 0 aliphatic carbocycles. The molecule has 6 rings (SSSR count). The van der Waals surface area contributed by atoms with Crippen molar-refractivity contribution in [2.45, 2.75) is 39.4 Å². The minimum absolute atomic E-state index is 0.0545. The molecule has 6 aromatic rings. The molecule has 0 fully saturated rings. The Labute approximate surface area is 275 Å². The van der Waals surface area contributed by atoms with Gasteiger partial charge in [-0.25, -0.2) is 4.79 Å². The van der Waals surface area contributed by atoms with Gasteiger partial charge in [-0.1, -0.05) is 109 Å². The normalized spacial score (nSPS) is 10.9. The summed E-state index contributed by atoms with van der Waals surface area (Å²) in [6, 6.07) is 42.3. The van der Waals surface area contributed by atoms with Gasteiger partial charge in [0.05, 0.1) is 10.9 Å². The van der Waals surface area contributed by atoms with Crippen LogP contribution < -0.4 is 15.8 Å².